The fourth-order valence-corrected chi connectivity index (χ4v) is 5.56. The van der Waals surface area contributed by atoms with Crippen LogP contribution in [0.1, 0.15) is 28.3 Å². The molecule has 4 rings (SSSR count). The summed E-state index contributed by atoms with van der Waals surface area (Å²) >= 11 is 0. The van der Waals surface area contributed by atoms with Crippen LogP contribution in [0, 0.1) is 13.8 Å². The Morgan fingerprint density at radius 3 is 2.08 bits per heavy atom. The van der Waals surface area contributed by atoms with Crippen molar-refractivity contribution in [3.63, 3.8) is 0 Å². The van der Waals surface area contributed by atoms with Crippen molar-refractivity contribution in [2.75, 3.05) is 18.0 Å². The Kier molecular flexibility index (Phi) is 7.94. The lowest BCUT2D eigenvalue weighted by Gasteiger charge is -2.27. The van der Waals surface area contributed by atoms with Gasteiger partial charge in [-0.1, -0.05) is 72.3 Å². The molecule has 0 aliphatic carbocycles. The van der Waals surface area contributed by atoms with Gasteiger partial charge in [-0.2, -0.15) is 0 Å². The minimum atomic E-state index is -4.04. The molecule has 4 aromatic carbocycles. The molecule has 1 amide bonds. The monoisotopic (exact) mass is 514 g/mol. The minimum Gasteiger partial charge on any atom is -0.497 e. The maximum Gasteiger partial charge on any atom is 0.264 e. The van der Waals surface area contributed by atoms with Crippen LogP contribution in [0.2, 0.25) is 0 Å². The quantitative estimate of drug-likeness (QED) is 0.324. The molecule has 190 valence electrons. The van der Waals surface area contributed by atoms with Crippen LogP contribution in [0.4, 0.5) is 5.69 Å². The summed E-state index contributed by atoms with van der Waals surface area (Å²) in [7, 11) is -2.53. The topological polar surface area (TPSA) is 75.7 Å². The van der Waals surface area contributed by atoms with E-state index in [0.717, 1.165) is 26.6 Å². The molecule has 1 N–H and O–H groups in total. The molecule has 0 aliphatic rings. The van der Waals surface area contributed by atoms with E-state index in [4.69, 9.17) is 4.74 Å². The zero-order valence-corrected chi connectivity index (χ0v) is 21.9. The summed E-state index contributed by atoms with van der Waals surface area (Å²) in [6.07, 6.45) is 0. The molecule has 0 heterocycles. The van der Waals surface area contributed by atoms with Crippen molar-refractivity contribution >= 4 is 21.6 Å². The number of sulfonamides is 1. The maximum absolute atomic E-state index is 13.7. The van der Waals surface area contributed by atoms with Crippen LogP contribution in [0.15, 0.2) is 108 Å². The van der Waals surface area contributed by atoms with Crippen molar-refractivity contribution in [1.82, 2.24) is 5.32 Å². The highest BCUT2D eigenvalue weighted by Gasteiger charge is 2.29. The fourth-order valence-electron chi connectivity index (χ4n) is 4.13. The summed E-state index contributed by atoms with van der Waals surface area (Å²) in [6, 6.07) is 30.2. The first-order valence-electron chi connectivity index (χ1n) is 11.9. The van der Waals surface area contributed by atoms with Gasteiger partial charge in [0.15, 0.2) is 0 Å². The summed E-state index contributed by atoms with van der Waals surface area (Å²) < 4.78 is 33.8. The van der Waals surface area contributed by atoms with E-state index >= 15 is 0 Å². The molecule has 0 aliphatic heterocycles. The first-order valence-corrected chi connectivity index (χ1v) is 13.4. The average molecular weight is 515 g/mol. The summed E-state index contributed by atoms with van der Waals surface area (Å²) in [5, 5.41) is 3.08. The van der Waals surface area contributed by atoms with E-state index in [1.54, 1.807) is 24.3 Å². The molecule has 0 radical (unpaired) electrons. The van der Waals surface area contributed by atoms with Crippen molar-refractivity contribution < 1.29 is 17.9 Å². The van der Waals surface area contributed by atoms with Gasteiger partial charge in [-0.15, -0.1) is 0 Å². The molecule has 4 aromatic rings. The third-order valence-electron chi connectivity index (χ3n) is 6.19. The molecule has 0 saturated carbocycles. The van der Waals surface area contributed by atoms with Crippen molar-refractivity contribution in [3.05, 3.63) is 125 Å². The number of rotatable bonds is 9. The van der Waals surface area contributed by atoms with Gasteiger partial charge < -0.3 is 10.1 Å². The number of benzene rings is 4. The number of anilines is 1. The third-order valence-corrected chi connectivity index (χ3v) is 7.98. The van der Waals surface area contributed by atoms with Crippen molar-refractivity contribution in [1.29, 1.82) is 0 Å². The number of nitrogens with zero attached hydrogens (tertiary/aromatic N) is 1. The molecule has 0 fully saturated rings. The molecule has 1 atom stereocenters. The van der Waals surface area contributed by atoms with Crippen molar-refractivity contribution in [2.45, 2.75) is 24.8 Å². The third kappa shape index (κ3) is 6.01. The number of ether oxygens (including phenoxy) is 1. The van der Waals surface area contributed by atoms with Crippen LogP contribution in [0.5, 0.6) is 5.75 Å². The average Bonchev–Trinajstić information content (AvgIpc) is 2.92. The molecule has 0 spiro atoms. The minimum absolute atomic E-state index is 0.0696. The molecule has 7 heteroatoms. The maximum atomic E-state index is 13.7. The summed E-state index contributed by atoms with van der Waals surface area (Å²) in [5.41, 5.74) is 4.27. The second kappa shape index (κ2) is 11.3. The number of carbonyl (C=O) groups is 1. The number of amides is 1. The number of aryl methyl sites for hydroxylation is 2. The SMILES string of the molecule is COc1ccc(S(=O)(=O)N(CC(=O)N[C@@H](c2ccccc2)c2ccccc2C)c2ccc(C)cc2)cc1. The van der Waals surface area contributed by atoms with Crippen molar-refractivity contribution in [2.24, 2.45) is 0 Å². The van der Waals surface area contributed by atoms with Crippen LogP contribution >= 0.6 is 0 Å². The zero-order chi connectivity index (χ0) is 26.4. The summed E-state index contributed by atoms with van der Waals surface area (Å²) in [6.45, 7) is 3.53. The second-order valence-electron chi connectivity index (χ2n) is 8.79. The highest BCUT2D eigenvalue weighted by Crippen LogP contribution is 2.27. The number of carbonyl (C=O) groups excluding carboxylic acids is 1. The largest absolute Gasteiger partial charge is 0.497 e. The Balaban J connectivity index is 1.69. The molecule has 6 nitrogen and oxygen atoms in total. The van der Waals surface area contributed by atoms with Gasteiger partial charge in [0.2, 0.25) is 5.91 Å². The van der Waals surface area contributed by atoms with Crippen LogP contribution in [0.3, 0.4) is 0 Å². The highest BCUT2D eigenvalue weighted by atomic mass is 32.2. The summed E-state index contributed by atoms with van der Waals surface area (Å²) in [4.78, 5) is 13.6. The number of methoxy groups -OCH3 is 1. The van der Waals surface area contributed by atoms with Gasteiger partial charge in [0.1, 0.15) is 12.3 Å². The highest BCUT2D eigenvalue weighted by molar-refractivity contribution is 7.92. The molecule has 0 aromatic heterocycles. The van der Waals surface area contributed by atoms with E-state index in [9.17, 15) is 13.2 Å². The van der Waals surface area contributed by atoms with E-state index in [1.165, 1.54) is 19.2 Å². The van der Waals surface area contributed by atoms with E-state index in [0.29, 0.717) is 11.4 Å². The lowest BCUT2D eigenvalue weighted by atomic mass is 9.95. The van der Waals surface area contributed by atoms with Gasteiger partial charge in [-0.3, -0.25) is 9.10 Å². The lowest BCUT2D eigenvalue weighted by Crippen LogP contribution is -2.42. The standard InChI is InChI=1S/C30H30N2O4S/c1-22-13-15-25(16-14-22)32(37(34,35)27-19-17-26(36-3)18-20-27)21-29(33)31-30(24-10-5-4-6-11-24)28-12-8-7-9-23(28)2/h4-20,30H,21H2,1-3H3,(H,31,33)/t30-/m0/s1. The van der Waals surface area contributed by atoms with Gasteiger partial charge in [0.05, 0.1) is 23.7 Å². The normalized spacial score (nSPS) is 12.0. The first kappa shape index (κ1) is 26.0. The lowest BCUT2D eigenvalue weighted by molar-refractivity contribution is -0.120. The van der Waals surface area contributed by atoms with E-state index in [-0.39, 0.29) is 11.4 Å². The van der Waals surface area contributed by atoms with Gasteiger partial charge in [-0.05, 0) is 66.9 Å². The first-order chi connectivity index (χ1) is 17.8. The van der Waals surface area contributed by atoms with Crippen LogP contribution in [-0.2, 0) is 14.8 Å². The van der Waals surface area contributed by atoms with E-state index in [1.807, 2.05) is 80.6 Å². The van der Waals surface area contributed by atoms with Gasteiger partial charge in [0, 0.05) is 0 Å². The molecule has 37 heavy (non-hydrogen) atoms. The molecule has 0 bridgehead atoms. The van der Waals surface area contributed by atoms with Crippen LogP contribution in [0.25, 0.3) is 0 Å². The second-order valence-corrected chi connectivity index (χ2v) is 10.7. The number of hydrogen-bond donors (Lipinski definition) is 1. The molecule has 0 unspecified atom stereocenters. The molecule has 0 saturated heterocycles. The Morgan fingerprint density at radius 2 is 1.46 bits per heavy atom. The Labute approximate surface area is 218 Å². The van der Waals surface area contributed by atoms with Crippen LogP contribution < -0.4 is 14.4 Å². The van der Waals surface area contributed by atoms with Crippen LogP contribution in [-0.4, -0.2) is 28.0 Å². The van der Waals surface area contributed by atoms with E-state index in [2.05, 4.69) is 5.32 Å². The predicted octanol–water partition coefficient (Wildman–Crippen LogP) is 5.41. The van der Waals surface area contributed by atoms with Crippen molar-refractivity contribution in [3.8, 4) is 5.75 Å². The van der Waals surface area contributed by atoms with E-state index < -0.39 is 22.0 Å². The predicted molar refractivity (Wildman–Crippen MR) is 146 cm³/mol. The Morgan fingerprint density at radius 1 is 0.838 bits per heavy atom. The molecular formula is C30H30N2O4S. The van der Waals surface area contributed by atoms with Gasteiger partial charge >= 0.3 is 0 Å². The smallest absolute Gasteiger partial charge is 0.264 e. The Hall–Kier alpha value is -4.10. The summed E-state index contributed by atoms with van der Waals surface area (Å²) in [5.74, 6) is 0.122. The zero-order valence-electron chi connectivity index (χ0n) is 21.1. The number of hydrogen-bond acceptors (Lipinski definition) is 4. The van der Waals surface area contributed by atoms with Gasteiger partial charge in [-0.25, -0.2) is 8.42 Å². The number of nitrogens with one attached hydrogen (secondary N) is 1. The fraction of sp³-hybridized carbons (Fsp3) is 0.167. The van der Waals surface area contributed by atoms with Gasteiger partial charge in [0.25, 0.3) is 10.0 Å². The molecular weight excluding hydrogens is 484 g/mol. The Bertz CT molecular complexity index is 1450.